The van der Waals surface area contributed by atoms with Gasteiger partial charge in [-0.05, 0) is 44.4 Å². The van der Waals surface area contributed by atoms with Crippen LogP contribution in [0.1, 0.15) is 37.9 Å². The molecule has 1 N–H and O–H groups in total. The largest absolute Gasteiger partial charge is 0.483 e. The predicted octanol–water partition coefficient (Wildman–Crippen LogP) is 2.89. The number of amides is 1. The summed E-state index contributed by atoms with van der Waals surface area (Å²) in [5, 5.41) is 9.75. The first-order chi connectivity index (χ1) is 9.58. The van der Waals surface area contributed by atoms with E-state index in [1.54, 1.807) is 13.0 Å². The van der Waals surface area contributed by atoms with Gasteiger partial charge < -0.3 is 14.7 Å². The van der Waals surface area contributed by atoms with Gasteiger partial charge in [-0.15, -0.1) is 0 Å². The summed E-state index contributed by atoms with van der Waals surface area (Å²) < 4.78 is 6.47. The Balaban J connectivity index is 1.98. The van der Waals surface area contributed by atoms with Crippen LogP contribution in [0, 0.1) is 0 Å². The molecule has 1 aromatic carbocycles. The van der Waals surface area contributed by atoms with Crippen molar-refractivity contribution in [1.29, 1.82) is 0 Å². The van der Waals surface area contributed by atoms with Crippen LogP contribution in [0.5, 0.6) is 5.75 Å². The second-order valence-electron chi connectivity index (χ2n) is 5.09. The molecule has 1 atom stereocenters. The Morgan fingerprint density at radius 2 is 2.10 bits per heavy atom. The molecule has 110 valence electrons. The third-order valence-corrected chi connectivity index (χ3v) is 3.98. The van der Waals surface area contributed by atoms with Crippen molar-refractivity contribution in [1.82, 2.24) is 4.90 Å². The molecular formula is C15H20BrNO3. The molecule has 1 unspecified atom stereocenters. The van der Waals surface area contributed by atoms with Crippen molar-refractivity contribution >= 4 is 21.8 Å². The number of likely N-dealkylation sites (tertiary alicyclic amines) is 1. The molecule has 5 heteroatoms. The van der Waals surface area contributed by atoms with Gasteiger partial charge in [0.15, 0.2) is 6.61 Å². The lowest BCUT2D eigenvalue weighted by Gasteiger charge is -2.26. The van der Waals surface area contributed by atoms with E-state index in [0.717, 1.165) is 30.4 Å². The van der Waals surface area contributed by atoms with E-state index in [9.17, 15) is 9.90 Å². The number of aliphatic hydroxyl groups excluding tert-OH is 1. The smallest absolute Gasteiger partial charge is 0.260 e. The highest BCUT2D eigenvalue weighted by molar-refractivity contribution is 9.10. The summed E-state index contributed by atoms with van der Waals surface area (Å²) in [5.41, 5.74) is 0.686. The lowest BCUT2D eigenvalue weighted by Crippen LogP contribution is -2.38. The molecule has 20 heavy (non-hydrogen) atoms. The minimum Gasteiger partial charge on any atom is -0.483 e. The topological polar surface area (TPSA) is 49.8 Å². The van der Waals surface area contributed by atoms with Crippen LogP contribution in [-0.4, -0.2) is 35.6 Å². The quantitative estimate of drug-likeness (QED) is 0.915. The maximum absolute atomic E-state index is 12.0. The molecule has 0 saturated carbocycles. The van der Waals surface area contributed by atoms with Gasteiger partial charge in [0.25, 0.3) is 5.91 Å². The number of carbonyl (C=O) groups excluding carboxylic acids is 1. The maximum Gasteiger partial charge on any atom is 0.260 e. The average Bonchev–Trinajstić information content (AvgIpc) is 2.46. The molecule has 1 aromatic rings. The molecule has 1 fully saturated rings. The van der Waals surface area contributed by atoms with Crippen molar-refractivity contribution in [2.24, 2.45) is 0 Å². The highest BCUT2D eigenvalue weighted by Gasteiger charge is 2.18. The predicted molar refractivity (Wildman–Crippen MR) is 80.7 cm³/mol. The fraction of sp³-hybridized carbons (Fsp3) is 0.533. The molecule has 0 aromatic heterocycles. The van der Waals surface area contributed by atoms with Crippen LogP contribution in [-0.2, 0) is 4.79 Å². The number of benzene rings is 1. The van der Waals surface area contributed by atoms with Crippen molar-refractivity contribution < 1.29 is 14.6 Å². The molecule has 1 heterocycles. The number of hydrogen-bond donors (Lipinski definition) is 1. The Morgan fingerprint density at radius 1 is 1.40 bits per heavy atom. The number of halogens is 1. The first-order valence-electron chi connectivity index (χ1n) is 6.96. The summed E-state index contributed by atoms with van der Waals surface area (Å²) in [7, 11) is 0. The highest BCUT2D eigenvalue weighted by Crippen LogP contribution is 2.28. The standard InChI is InChI=1S/C15H20BrNO3/c1-11(18)13-9-12(16)5-6-14(13)20-10-15(19)17-7-3-2-4-8-17/h5-6,9,11,18H,2-4,7-8,10H2,1H3. The second kappa shape index (κ2) is 7.09. The van der Waals surface area contributed by atoms with Crippen LogP contribution in [0.4, 0.5) is 0 Å². The van der Waals surface area contributed by atoms with Gasteiger partial charge in [-0.3, -0.25) is 4.79 Å². The Morgan fingerprint density at radius 3 is 2.75 bits per heavy atom. The minimum absolute atomic E-state index is 0.0177. The van der Waals surface area contributed by atoms with Crippen LogP contribution in [0.15, 0.2) is 22.7 Å². The average molecular weight is 342 g/mol. The van der Waals surface area contributed by atoms with E-state index in [4.69, 9.17) is 4.74 Å². The highest BCUT2D eigenvalue weighted by atomic mass is 79.9. The van der Waals surface area contributed by atoms with Gasteiger partial charge in [-0.1, -0.05) is 15.9 Å². The zero-order chi connectivity index (χ0) is 14.5. The van der Waals surface area contributed by atoms with E-state index < -0.39 is 6.10 Å². The molecule has 1 saturated heterocycles. The zero-order valence-corrected chi connectivity index (χ0v) is 13.2. The Hall–Kier alpha value is -1.07. The molecule has 1 aliphatic rings. The monoisotopic (exact) mass is 341 g/mol. The van der Waals surface area contributed by atoms with Gasteiger partial charge in [-0.2, -0.15) is 0 Å². The Labute approximate surface area is 127 Å². The summed E-state index contributed by atoms with van der Waals surface area (Å²) in [6.07, 6.45) is 2.71. The van der Waals surface area contributed by atoms with Crippen molar-refractivity contribution in [3.8, 4) is 5.75 Å². The number of piperidine rings is 1. The normalized spacial score (nSPS) is 16.9. The number of rotatable bonds is 4. The molecule has 1 aliphatic heterocycles. The van der Waals surface area contributed by atoms with Crippen LogP contribution in [0.2, 0.25) is 0 Å². The zero-order valence-electron chi connectivity index (χ0n) is 11.6. The fourth-order valence-corrected chi connectivity index (χ4v) is 2.73. The Bertz CT molecular complexity index is 470. The number of carbonyl (C=O) groups is 1. The van der Waals surface area contributed by atoms with E-state index >= 15 is 0 Å². The molecular weight excluding hydrogens is 322 g/mol. The summed E-state index contributed by atoms with van der Waals surface area (Å²) in [6.45, 7) is 3.36. The van der Waals surface area contributed by atoms with E-state index in [0.29, 0.717) is 11.3 Å². The van der Waals surface area contributed by atoms with Crippen molar-refractivity contribution in [3.63, 3.8) is 0 Å². The van der Waals surface area contributed by atoms with Gasteiger partial charge in [0.1, 0.15) is 5.75 Å². The van der Waals surface area contributed by atoms with Crippen LogP contribution >= 0.6 is 15.9 Å². The van der Waals surface area contributed by atoms with E-state index in [2.05, 4.69) is 15.9 Å². The van der Waals surface area contributed by atoms with Crippen molar-refractivity contribution in [2.45, 2.75) is 32.3 Å². The minimum atomic E-state index is -0.632. The molecule has 1 amide bonds. The summed E-state index contributed by atoms with van der Waals surface area (Å²) in [5.74, 6) is 0.581. The molecule has 0 aliphatic carbocycles. The lowest BCUT2D eigenvalue weighted by molar-refractivity contribution is -0.134. The van der Waals surface area contributed by atoms with Crippen molar-refractivity contribution in [2.75, 3.05) is 19.7 Å². The Kier molecular flexibility index (Phi) is 5.43. The molecule has 4 nitrogen and oxygen atoms in total. The lowest BCUT2D eigenvalue weighted by atomic mass is 10.1. The van der Waals surface area contributed by atoms with Crippen LogP contribution < -0.4 is 4.74 Å². The fourth-order valence-electron chi connectivity index (χ4n) is 2.35. The summed E-state index contributed by atoms with van der Waals surface area (Å²) >= 11 is 3.37. The number of aliphatic hydroxyl groups is 1. The van der Waals surface area contributed by atoms with Crippen LogP contribution in [0.3, 0.4) is 0 Å². The van der Waals surface area contributed by atoms with Gasteiger partial charge in [0.05, 0.1) is 6.10 Å². The second-order valence-corrected chi connectivity index (χ2v) is 6.00. The molecule has 0 spiro atoms. The number of hydrogen-bond acceptors (Lipinski definition) is 3. The van der Waals surface area contributed by atoms with Gasteiger partial charge in [-0.25, -0.2) is 0 Å². The van der Waals surface area contributed by atoms with E-state index in [-0.39, 0.29) is 12.5 Å². The SMILES string of the molecule is CC(O)c1cc(Br)ccc1OCC(=O)N1CCCCC1. The number of ether oxygens (including phenoxy) is 1. The molecule has 0 bridgehead atoms. The van der Waals surface area contributed by atoms with Gasteiger partial charge >= 0.3 is 0 Å². The third kappa shape index (κ3) is 3.96. The van der Waals surface area contributed by atoms with Gasteiger partial charge in [0, 0.05) is 23.1 Å². The maximum atomic E-state index is 12.0. The summed E-state index contributed by atoms with van der Waals surface area (Å²) in [4.78, 5) is 13.9. The van der Waals surface area contributed by atoms with Gasteiger partial charge in [0.2, 0.25) is 0 Å². The third-order valence-electron chi connectivity index (χ3n) is 3.48. The molecule has 0 radical (unpaired) electrons. The summed E-state index contributed by atoms with van der Waals surface area (Å²) in [6, 6.07) is 5.42. The first-order valence-corrected chi connectivity index (χ1v) is 7.75. The van der Waals surface area contributed by atoms with E-state index in [1.807, 2.05) is 17.0 Å². The first kappa shape index (κ1) is 15.3. The molecule has 2 rings (SSSR count). The van der Waals surface area contributed by atoms with Crippen molar-refractivity contribution in [3.05, 3.63) is 28.2 Å². The van der Waals surface area contributed by atoms with E-state index in [1.165, 1.54) is 6.42 Å². The van der Waals surface area contributed by atoms with Crippen LogP contribution in [0.25, 0.3) is 0 Å². The number of nitrogens with zero attached hydrogens (tertiary/aromatic N) is 1.